The number of piperazine rings is 1. The van der Waals surface area contributed by atoms with Crippen molar-refractivity contribution < 1.29 is 9.18 Å². The summed E-state index contributed by atoms with van der Waals surface area (Å²) < 4.78 is 14.9. The molecule has 0 saturated carbocycles. The molecule has 1 fully saturated rings. The average molecular weight is 491 g/mol. The highest BCUT2D eigenvalue weighted by molar-refractivity contribution is 6.30. The minimum atomic E-state index is -0.486. The molecule has 0 bridgehead atoms. The molecule has 0 N–H and O–H groups in total. The molecule has 3 heterocycles. The van der Waals surface area contributed by atoms with Crippen LogP contribution in [0.5, 0.6) is 0 Å². The van der Waals surface area contributed by atoms with Gasteiger partial charge in [-0.25, -0.2) is 24.3 Å². The molecule has 2 aromatic heterocycles. The standard InChI is InChI=1S/C26H24ClFN6O/c1-15-16(2)30-26-24(29-15)23(21-8-7-19(27)14-22(21)28)31-25(32-26)18-5-4-6-20(13-18)34-11-9-33(10-12-34)17(3)35/h4-8,13-14H,9-12H2,1-3H3. The summed E-state index contributed by atoms with van der Waals surface area (Å²) in [7, 11) is 0. The average Bonchev–Trinajstić information content (AvgIpc) is 2.84. The molecule has 0 radical (unpaired) electrons. The Morgan fingerprint density at radius 2 is 1.69 bits per heavy atom. The lowest BCUT2D eigenvalue weighted by molar-refractivity contribution is -0.129. The fourth-order valence-electron chi connectivity index (χ4n) is 4.23. The summed E-state index contributed by atoms with van der Waals surface area (Å²) in [5.74, 6) is 0.0424. The van der Waals surface area contributed by atoms with Crippen molar-refractivity contribution in [2.75, 3.05) is 31.1 Å². The van der Waals surface area contributed by atoms with Gasteiger partial charge in [-0.3, -0.25) is 4.79 Å². The number of aromatic nitrogens is 4. The number of aryl methyl sites for hydroxylation is 2. The van der Waals surface area contributed by atoms with Crippen molar-refractivity contribution in [3.63, 3.8) is 0 Å². The number of halogens is 2. The van der Waals surface area contributed by atoms with E-state index in [0.29, 0.717) is 40.8 Å². The largest absolute Gasteiger partial charge is 0.368 e. The van der Waals surface area contributed by atoms with Gasteiger partial charge >= 0.3 is 0 Å². The summed E-state index contributed by atoms with van der Waals surface area (Å²) in [6, 6.07) is 12.4. The molecule has 35 heavy (non-hydrogen) atoms. The molecule has 2 aromatic carbocycles. The van der Waals surface area contributed by atoms with Gasteiger partial charge in [-0.2, -0.15) is 0 Å². The first kappa shape index (κ1) is 23.1. The van der Waals surface area contributed by atoms with Gasteiger partial charge in [-0.05, 0) is 44.2 Å². The zero-order valence-corrected chi connectivity index (χ0v) is 20.5. The Bertz CT molecular complexity index is 1450. The molecular formula is C26H24ClFN6O. The van der Waals surface area contributed by atoms with E-state index in [4.69, 9.17) is 21.6 Å². The fourth-order valence-corrected chi connectivity index (χ4v) is 4.39. The van der Waals surface area contributed by atoms with Gasteiger partial charge in [-0.15, -0.1) is 0 Å². The van der Waals surface area contributed by atoms with E-state index in [2.05, 4.69) is 14.9 Å². The van der Waals surface area contributed by atoms with Crippen LogP contribution >= 0.6 is 11.6 Å². The van der Waals surface area contributed by atoms with E-state index in [-0.39, 0.29) is 11.5 Å². The third-order valence-electron chi connectivity index (χ3n) is 6.32. The maximum atomic E-state index is 14.9. The fraction of sp³-hybridized carbons (Fsp3) is 0.269. The predicted octanol–water partition coefficient (Wildman–Crippen LogP) is 4.83. The van der Waals surface area contributed by atoms with Crippen LogP contribution < -0.4 is 4.90 Å². The van der Waals surface area contributed by atoms with E-state index in [1.54, 1.807) is 19.1 Å². The molecular weight excluding hydrogens is 467 g/mol. The molecule has 0 unspecified atom stereocenters. The van der Waals surface area contributed by atoms with E-state index in [1.165, 1.54) is 6.07 Å². The second-order valence-corrected chi connectivity index (χ2v) is 9.07. The quantitative estimate of drug-likeness (QED) is 0.409. The monoisotopic (exact) mass is 490 g/mol. The van der Waals surface area contributed by atoms with Gasteiger partial charge < -0.3 is 9.80 Å². The summed E-state index contributed by atoms with van der Waals surface area (Å²) in [5.41, 5.74) is 4.79. The van der Waals surface area contributed by atoms with Crippen LogP contribution in [0.2, 0.25) is 5.02 Å². The summed E-state index contributed by atoms with van der Waals surface area (Å²) in [6.07, 6.45) is 0. The maximum Gasteiger partial charge on any atom is 0.219 e. The number of benzene rings is 2. The Kier molecular flexibility index (Phi) is 6.06. The Morgan fingerprint density at radius 3 is 2.40 bits per heavy atom. The van der Waals surface area contributed by atoms with E-state index in [1.807, 2.05) is 43.0 Å². The molecule has 1 aliphatic heterocycles. The summed E-state index contributed by atoms with van der Waals surface area (Å²) in [5, 5.41) is 0.306. The number of carbonyl (C=O) groups excluding carboxylic acids is 1. The molecule has 4 aromatic rings. The van der Waals surface area contributed by atoms with Crippen molar-refractivity contribution in [3.05, 3.63) is 64.7 Å². The van der Waals surface area contributed by atoms with Gasteiger partial charge in [0.15, 0.2) is 11.5 Å². The lowest BCUT2D eigenvalue weighted by Crippen LogP contribution is -2.48. The number of hydrogen-bond donors (Lipinski definition) is 0. The topological polar surface area (TPSA) is 75.1 Å². The van der Waals surface area contributed by atoms with Gasteiger partial charge in [0.1, 0.15) is 17.0 Å². The zero-order chi connectivity index (χ0) is 24.7. The molecule has 1 amide bonds. The van der Waals surface area contributed by atoms with Crippen molar-refractivity contribution in [2.45, 2.75) is 20.8 Å². The highest BCUT2D eigenvalue weighted by Gasteiger charge is 2.21. The van der Waals surface area contributed by atoms with Crippen molar-refractivity contribution in [3.8, 4) is 22.6 Å². The number of carbonyl (C=O) groups is 1. The predicted molar refractivity (Wildman–Crippen MR) is 135 cm³/mol. The summed E-state index contributed by atoms with van der Waals surface area (Å²) >= 11 is 5.99. The van der Waals surface area contributed by atoms with Gasteiger partial charge in [0.05, 0.1) is 11.4 Å². The van der Waals surface area contributed by atoms with Gasteiger partial charge in [0.2, 0.25) is 5.91 Å². The van der Waals surface area contributed by atoms with E-state index in [9.17, 15) is 9.18 Å². The molecule has 1 aliphatic rings. The van der Waals surface area contributed by atoms with Crippen LogP contribution in [0, 0.1) is 19.7 Å². The molecule has 178 valence electrons. The van der Waals surface area contributed by atoms with Crippen LogP contribution in [0.3, 0.4) is 0 Å². The Hall–Kier alpha value is -3.65. The van der Waals surface area contributed by atoms with Crippen LogP contribution in [-0.4, -0.2) is 56.9 Å². The minimum absolute atomic E-state index is 0.0940. The van der Waals surface area contributed by atoms with E-state index in [0.717, 1.165) is 35.7 Å². The number of hydrogen-bond acceptors (Lipinski definition) is 6. The van der Waals surface area contributed by atoms with Crippen LogP contribution in [0.1, 0.15) is 18.3 Å². The van der Waals surface area contributed by atoms with Crippen molar-refractivity contribution in [1.29, 1.82) is 0 Å². The van der Waals surface area contributed by atoms with Gasteiger partial charge in [-0.1, -0.05) is 23.7 Å². The first-order valence-corrected chi connectivity index (χ1v) is 11.8. The van der Waals surface area contributed by atoms with Crippen molar-refractivity contribution in [1.82, 2.24) is 24.8 Å². The highest BCUT2D eigenvalue weighted by atomic mass is 35.5. The van der Waals surface area contributed by atoms with Gasteiger partial charge in [0, 0.05) is 54.9 Å². The van der Waals surface area contributed by atoms with Crippen LogP contribution in [-0.2, 0) is 4.79 Å². The van der Waals surface area contributed by atoms with Crippen LogP contribution in [0.25, 0.3) is 33.8 Å². The third-order valence-corrected chi connectivity index (χ3v) is 6.56. The smallest absolute Gasteiger partial charge is 0.219 e. The molecule has 0 atom stereocenters. The minimum Gasteiger partial charge on any atom is -0.368 e. The first-order chi connectivity index (χ1) is 16.8. The molecule has 5 rings (SSSR count). The molecule has 9 heteroatoms. The lowest BCUT2D eigenvalue weighted by Gasteiger charge is -2.35. The Morgan fingerprint density at radius 1 is 0.943 bits per heavy atom. The van der Waals surface area contributed by atoms with Crippen LogP contribution in [0.4, 0.5) is 10.1 Å². The van der Waals surface area contributed by atoms with Crippen LogP contribution in [0.15, 0.2) is 42.5 Å². The molecule has 0 aliphatic carbocycles. The molecule has 0 spiro atoms. The SMILES string of the molecule is CC(=O)N1CCN(c2cccc(-c3nc(-c4ccc(Cl)cc4F)c4nc(C)c(C)nc4n3)c2)CC1. The first-order valence-electron chi connectivity index (χ1n) is 11.4. The zero-order valence-electron chi connectivity index (χ0n) is 19.7. The van der Waals surface area contributed by atoms with Crippen molar-refractivity contribution >= 4 is 34.4 Å². The molecule has 7 nitrogen and oxygen atoms in total. The second kappa shape index (κ2) is 9.19. The second-order valence-electron chi connectivity index (χ2n) is 8.63. The number of fused-ring (bicyclic) bond motifs is 1. The lowest BCUT2D eigenvalue weighted by atomic mass is 10.1. The summed E-state index contributed by atoms with van der Waals surface area (Å²) in [4.78, 5) is 34.5. The van der Waals surface area contributed by atoms with Crippen molar-refractivity contribution in [2.24, 2.45) is 0 Å². The highest BCUT2D eigenvalue weighted by Crippen LogP contribution is 2.32. The normalized spacial score (nSPS) is 14.0. The Labute approximate surface area is 207 Å². The van der Waals surface area contributed by atoms with E-state index < -0.39 is 5.82 Å². The van der Waals surface area contributed by atoms with E-state index >= 15 is 0 Å². The van der Waals surface area contributed by atoms with Gasteiger partial charge in [0.25, 0.3) is 0 Å². The number of anilines is 1. The summed E-state index contributed by atoms with van der Waals surface area (Å²) in [6.45, 7) is 8.17. The molecule has 1 saturated heterocycles. The Balaban J connectivity index is 1.60. The maximum absolute atomic E-state index is 14.9. The number of amides is 1. The third kappa shape index (κ3) is 4.53. The number of nitrogens with zero attached hydrogens (tertiary/aromatic N) is 6. The number of rotatable bonds is 3.